The third-order valence-corrected chi connectivity index (χ3v) is 5.90. The van der Waals surface area contributed by atoms with Gasteiger partial charge in [0.15, 0.2) is 0 Å². The van der Waals surface area contributed by atoms with E-state index in [-0.39, 0.29) is 22.2 Å². The van der Waals surface area contributed by atoms with Crippen molar-refractivity contribution >= 4 is 28.0 Å². The first-order valence-corrected chi connectivity index (χ1v) is 11.9. The normalized spacial score (nSPS) is 10.8. The maximum Gasteiger partial charge on any atom is 0.514 e. The van der Waals surface area contributed by atoms with Gasteiger partial charge in [0, 0.05) is 25.2 Å². The molecule has 0 saturated heterocycles. The Bertz CT molecular complexity index is 1050. The van der Waals surface area contributed by atoms with Gasteiger partial charge in [-0.25, -0.2) is 22.9 Å². The van der Waals surface area contributed by atoms with Crippen LogP contribution in [0.3, 0.4) is 0 Å². The molecular formula is C22H27N3O7S. The first kappa shape index (κ1) is 25.8. The molecule has 2 rings (SSSR count). The van der Waals surface area contributed by atoms with Crippen molar-refractivity contribution in [2.75, 3.05) is 13.7 Å². The summed E-state index contributed by atoms with van der Waals surface area (Å²) in [4.78, 5) is 38.7. The van der Waals surface area contributed by atoms with E-state index in [1.807, 2.05) is 4.72 Å². The fraction of sp³-hybridized carbons (Fsp3) is 0.364. The van der Waals surface area contributed by atoms with Crippen LogP contribution >= 0.6 is 0 Å². The molecule has 0 bridgehead atoms. The largest absolute Gasteiger partial charge is 0.514 e. The van der Waals surface area contributed by atoms with Crippen LogP contribution in [-0.2, 0) is 26.0 Å². The van der Waals surface area contributed by atoms with Gasteiger partial charge >= 0.3 is 6.16 Å². The van der Waals surface area contributed by atoms with Crippen LogP contribution in [0.5, 0.6) is 5.88 Å². The lowest BCUT2D eigenvalue weighted by atomic mass is 10.1. The van der Waals surface area contributed by atoms with E-state index in [2.05, 4.69) is 22.0 Å². The Morgan fingerprint density at radius 1 is 1.03 bits per heavy atom. The molecule has 10 nitrogen and oxygen atoms in total. The predicted molar refractivity (Wildman–Crippen MR) is 119 cm³/mol. The number of carbonyl (C=O) groups is 3. The highest BCUT2D eigenvalue weighted by Gasteiger charge is 2.19. The van der Waals surface area contributed by atoms with Gasteiger partial charge in [-0.3, -0.25) is 9.59 Å². The molecule has 2 N–H and O–H groups in total. The average Bonchev–Trinajstić information content (AvgIpc) is 2.79. The molecule has 0 saturated carbocycles. The minimum atomic E-state index is -4.11. The average molecular weight is 478 g/mol. The van der Waals surface area contributed by atoms with Crippen LogP contribution in [0.25, 0.3) is 0 Å². The van der Waals surface area contributed by atoms with E-state index in [1.54, 1.807) is 12.1 Å². The van der Waals surface area contributed by atoms with E-state index >= 15 is 0 Å². The SMILES string of the molecule is CCCCCC(=O)NCCc1ccc(S(=O)(=O)NC(=O)c2ccc(OC(=O)OC)nc2)cc1. The van der Waals surface area contributed by atoms with Crippen molar-refractivity contribution < 1.29 is 32.3 Å². The van der Waals surface area contributed by atoms with Gasteiger partial charge in [-0.2, -0.15) is 0 Å². The highest BCUT2D eigenvalue weighted by Crippen LogP contribution is 2.13. The number of ether oxygens (including phenoxy) is 2. The molecule has 11 heteroatoms. The Morgan fingerprint density at radius 3 is 2.36 bits per heavy atom. The van der Waals surface area contributed by atoms with Gasteiger partial charge in [-0.1, -0.05) is 31.9 Å². The third kappa shape index (κ3) is 8.53. The molecular weight excluding hydrogens is 450 g/mol. The van der Waals surface area contributed by atoms with Gasteiger partial charge in [0.25, 0.3) is 15.9 Å². The molecule has 0 unspecified atom stereocenters. The molecule has 1 aromatic heterocycles. The topological polar surface area (TPSA) is 141 Å². The lowest BCUT2D eigenvalue weighted by Gasteiger charge is -2.09. The molecule has 0 atom stereocenters. The number of aromatic nitrogens is 1. The van der Waals surface area contributed by atoms with Crippen LogP contribution in [-0.4, -0.2) is 45.0 Å². The van der Waals surface area contributed by atoms with Crippen molar-refractivity contribution in [3.8, 4) is 5.88 Å². The number of benzene rings is 1. The summed E-state index contributed by atoms with van der Waals surface area (Å²) in [7, 11) is -2.97. The number of nitrogens with one attached hydrogen (secondary N) is 2. The summed E-state index contributed by atoms with van der Waals surface area (Å²) in [6.07, 6.45) is 4.09. The third-order valence-electron chi connectivity index (χ3n) is 4.56. The monoisotopic (exact) mass is 477 g/mol. The number of hydrogen-bond acceptors (Lipinski definition) is 8. The molecule has 0 radical (unpaired) electrons. The highest BCUT2D eigenvalue weighted by atomic mass is 32.2. The standard InChI is InChI=1S/C22H27N3O7S/c1-3-4-5-6-19(26)23-14-13-16-7-10-18(11-8-16)33(29,30)25-21(27)17-9-12-20(24-15-17)32-22(28)31-2/h7-12,15H,3-6,13-14H2,1-2H3,(H,23,26)(H,25,27). The van der Waals surface area contributed by atoms with Gasteiger partial charge in [-0.05, 0) is 36.6 Å². The van der Waals surface area contributed by atoms with Crippen molar-refractivity contribution in [1.82, 2.24) is 15.0 Å². The van der Waals surface area contributed by atoms with Gasteiger partial charge < -0.3 is 14.8 Å². The Kier molecular flexibility index (Phi) is 9.80. The zero-order chi connectivity index (χ0) is 24.3. The Labute approximate surface area is 192 Å². The van der Waals surface area contributed by atoms with Crippen molar-refractivity contribution in [2.45, 2.75) is 43.9 Å². The lowest BCUT2D eigenvalue weighted by molar-refractivity contribution is -0.121. The van der Waals surface area contributed by atoms with Crippen LogP contribution in [0.4, 0.5) is 4.79 Å². The molecule has 0 fully saturated rings. The molecule has 1 aromatic carbocycles. The van der Waals surface area contributed by atoms with Crippen LogP contribution in [0.2, 0.25) is 0 Å². The number of rotatable bonds is 11. The fourth-order valence-electron chi connectivity index (χ4n) is 2.75. The molecule has 0 spiro atoms. The maximum absolute atomic E-state index is 12.5. The summed E-state index contributed by atoms with van der Waals surface area (Å²) in [5.41, 5.74) is 0.807. The minimum Gasteiger partial charge on any atom is -0.437 e. The zero-order valence-corrected chi connectivity index (χ0v) is 19.3. The predicted octanol–water partition coefficient (Wildman–Crippen LogP) is 2.58. The second-order valence-corrected chi connectivity index (χ2v) is 8.76. The highest BCUT2D eigenvalue weighted by molar-refractivity contribution is 7.90. The van der Waals surface area contributed by atoms with E-state index in [0.29, 0.717) is 19.4 Å². The summed E-state index contributed by atoms with van der Waals surface area (Å²) in [6, 6.07) is 8.52. The van der Waals surface area contributed by atoms with Crippen LogP contribution < -0.4 is 14.8 Å². The second kappa shape index (κ2) is 12.5. The lowest BCUT2D eigenvalue weighted by Crippen LogP contribution is -2.30. The molecule has 0 aliphatic heterocycles. The quantitative estimate of drug-likeness (QED) is 0.372. The Morgan fingerprint density at radius 2 is 1.76 bits per heavy atom. The Balaban J connectivity index is 1.89. The van der Waals surface area contributed by atoms with E-state index < -0.39 is 22.1 Å². The number of amides is 2. The summed E-state index contributed by atoms with van der Waals surface area (Å²) >= 11 is 0. The molecule has 2 aromatic rings. The number of carbonyl (C=O) groups excluding carboxylic acids is 3. The number of methoxy groups -OCH3 is 1. The van der Waals surface area contributed by atoms with Crippen LogP contribution in [0.1, 0.15) is 48.5 Å². The minimum absolute atomic E-state index is 0.00439. The molecule has 178 valence electrons. The molecule has 0 aliphatic rings. The smallest absolute Gasteiger partial charge is 0.437 e. The van der Waals surface area contributed by atoms with E-state index in [0.717, 1.165) is 38.1 Å². The summed E-state index contributed by atoms with van der Waals surface area (Å²) in [6.45, 7) is 2.53. The van der Waals surface area contributed by atoms with Crippen molar-refractivity contribution in [2.24, 2.45) is 0 Å². The summed E-state index contributed by atoms with van der Waals surface area (Å²) in [5.74, 6) is -0.985. The zero-order valence-electron chi connectivity index (χ0n) is 18.5. The number of sulfonamides is 1. The molecule has 2 amide bonds. The van der Waals surface area contributed by atoms with Crippen molar-refractivity contribution in [3.63, 3.8) is 0 Å². The van der Waals surface area contributed by atoms with E-state index in [4.69, 9.17) is 4.74 Å². The summed E-state index contributed by atoms with van der Waals surface area (Å²) in [5, 5.41) is 2.84. The van der Waals surface area contributed by atoms with E-state index in [9.17, 15) is 22.8 Å². The Hall–Kier alpha value is -3.47. The fourth-order valence-corrected chi connectivity index (χ4v) is 3.72. The first-order chi connectivity index (χ1) is 15.7. The maximum atomic E-state index is 12.5. The van der Waals surface area contributed by atoms with Gasteiger partial charge in [0.1, 0.15) is 0 Å². The number of nitrogens with zero attached hydrogens (tertiary/aromatic N) is 1. The summed E-state index contributed by atoms with van der Waals surface area (Å²) < 4.78 is 36.0. The van der Waals surface area contributed by atoms with Crippen molar-refractivity contribution in [3.05, 3.63) is 53.7 Å². The molecule has 0 aliphatic carbocycles. The molecule has 33 heavy (non-hydrogen) atoms. The van der Waals surface area contributed by atoms with Crippen molar-refractivity contribution in [1.29, 1.82) is 0 Å². The van der Waals surface area contributed by atoms with Gasteiger partial charge in [0.2, 0.25) is 11.8 Å². The second-order valence-electron chi connectivity index (χ2n) is 7.08. The van der Waals surface area contributed by atoms with Gasteiger partial charge in [-0.15, -0.1) is 0 Å². The van der Waals surface area contributed by atoms with E-state index in [1.165, 1.54) is 24.3 Å². The van der Waals surface area contributed by atoms with Gasteiger partial charge in [0.05, 0.1) is 17.6 Å². The number of pyridine rings is 1. The number of hydrogen-bond donors (Lipinski definition) is 2. The molecule has 1 heterocycles. The first-order valence-electron chi connectivity index (χ1n) is 10.4. The van der Waals surface area contributed by atoms with Crippen LogP contribution in [0.15, 0.2) is 47.5 Å². The van der Waals surface area contributed by atoms with Crippen LogP contribution in [0, 0.1) is 0 Å². The number of unbranched alkanes of at least 4 members (excludes halogenated alkanes) is 2.